The van der Waals surface area contributed by atoms with Crippen molar-refractivity contribution in [3.63, 3.8) is 0 Å². The number of imidazole rings is 1. The van der Waals surface area contributed by atoms with Crippen molar-refractivity contribution in [2.45, 2.75) is 20.4 Å². The van der Waals surface area contributed by atoms with Crippen LogP contribution in [-0.4, -0.2) is 28.4 Å². The molecule has 2 N–H and O–H groups in total. The van der Waals surface area contributed by atoms with Gasteiger partial charge in [0.25, 0.3) is 5.91 Å². The second-order valence-corrected chi connectivity index (χ2v) is 6.00. The monoisotopic (exact) mass is 336 g/mol. The van der Waals surface area contributed by atoms with Crippen LogP contribution in [0.4, 0.5) is 5.69 Å². The first kappa shape index (κ1) is 16.7. The molecule has 6 heteroatoms. The van der Waals surface area contributed by atoms with Gasteiger partial charge in [0, 0.05) is 18.3 Å². The van der Waals surface area contributed by atoms with E-state index >= 15 is 0 Å². The van der Waals surface area contributed by atoms with Crippen molar-refractivity contribution in [1.82, 2.24) is 14.9 Å². The average molecular weight is 336 g/mol. The molecule has 6 nitrogen and oxygen atoms in total. The second-order valence-electron chi connectivity index (χ2n) is 6.00. The smallest absolute Gasteiger partial charge is 0.251 e. The number of carbonyl (C=O) groups excluding carboxylic acids is 2. The molecule has 0 aliphatic heterocycles. The van der Waals surface area contributed by atoms with Crippen molar-refractivity contribution in [2.24, 2.45) is 0 Å². The van der Waals surface area contributed by atoms with Crippen molar-refractivity contribution in [3.05, 3.63) is 59.4 Å². The zero-order chi connectivity index (χ0) is 18.0. The molecule has 0 unspecified atom stereocenters. The van der Waals surface area contributed by atoms with E-state index in [1.807, 2.05) is 30.5 Å². The quantitative estimate of drug-likeness (QED) is 0.769. The summed E-state index contributed by atoms with van der Waals surface area (Å²) in [4.78, 5) is 28.2. The topological polar surface area (TPSA) is 76.0 Å². The first-order valence-electron chi connectivity index (χ1n) is 8.02. The van der Waals surface area contributed by atoms with Gasteiger partial charge in [-0.1, -0.05) is 0 Å². The third kappa shape index (κ3) is 3.52. The van der Waals surface area contributed by atoms with E-state index in [1.54, 1.807) is 37.6 Å². The number of hydrogen-bond donors (Lipinski definition) is 2. The van der Waals surface area contributed by atoms with E-state index in [0.29, 0.717) is 11.3 Å². The number of nitrogens with zero attached hydrogens (tertiary/aromatic N) is 2. The van der Waals surface area contributed by atoms with Crippen LogP contribution < -0.4 is 10.6 Å². The van der Waals surface area contributed by atoms with Crippen LogP contribution in [0.2, 0.25) is 0 Å². The minimum Gasteiger partial charge on any atom is -0.355 e. The molecule has 2 aromatic carbocycles. The fourth-order valence-corrected chi connectivity index (χ4v) is 2.64. The molecule has 0 saturated heterocycles. The molecule has 0 radical (unpaired) electrons. The van der Waals surface area contributed by atoms with Crippen molar-refractivity contribution >= 4 is 28.5 Å². The Bertz CT molecular complexity index is 942. The summed E-state index contributed by atoms with van der Waals surface area (Å²) in [6, 6.07) is 10.8. The highest BCUT2D eigenvalue weighted by atomic mass is 16.2. The third-order valence-electron chi connectivity index (χ3n) is 4.21. The maximum atomic E-state index is 12.3. The zero-order valence-electron chi connectivity index (χ0n) is 14.5. The van der Waals surface area contributed by atoms with E-state index in [1.165, 1.54) is 11.1 Å². The van der Waals surface area contributed by atoms with E-state index < -0.39 is 0 Å². The van der Waals surface area contributed by atoms with Gasteiger partial charge >= 0.3 is 0 Å². The van der Waals surface area contributed by atoms with Gasteiger partial charge in [-0.05, 0) is 61.4 Å². The van der Waals surface area contributed by atoms with Gasteiger partial charge in [0.05, 0.1) is 17.4 Å². The molecular formula is C19H20N4O2. The number of aromatic nitrogens is 2. The van der Waals surface area contributed by atoms with Crippen LogP contribution in [0.1, 0.15) is 21.5 Å². The van der Waals surface area contributed by atoms with Crippen LogP contribution in [0, 0.1) is 13.8 Å². The van der Waals surface area contributed by atoms with Gasteiger partial charge in [0.1, 0.15) is 6.54 Å². The largest absolute Gasteiger partial charge is 0.355 e. The standard InChI is InChI=1S/C19H20N4O2/c1-12-8-16-17(9-13(12)2)23(11-21-16)10-18(24)22-15-6-4-14(5-7-15)19(25)20-3/h4-9,11H,10H2,1-3H3,(H,20,25)(H,22,24). The lowest BCUT2D eigenvalue weighted by Crippen LogP contribution is -2.19. The SMILES string of the molecule is CNC(=O)c1ccc(NC(=O)Cn2cnc3cc(C)c(C)cc32)cc1. The van der Waals surface area contributed by atoms with Crippen LogP contribution in [0.25, 0.3) is 11.0 Å². The highest BCUT2D eigenvalue weighted by molar-refractivity contribution is 5.95. The van der Waals surface area contributed by atoms with Crippen molar-refractivity contribution in [3.8, 4) is 0 Å². The highest BCUT2D eigenvalue weighted by Crippen LogP contribution is 2.18. The summed E-state index contributed by atoms with van der Waals surface area (Å²) in [5.74, 6) is -0.307. The maximum Gasteiger partial charge on any atom is 0.251 e. The Morgan fingerprint density at radius 2 is 1.76 bits per heavy atom. The predicted molar refractivity (Wildman–Crippen MR) is 97.7 cm³/mol. The van der Waals surface area contributed by atoms with Gasteiger partial charge in [-0.25, -0.2) is 4.98 Å². The van der Waals surface area contributed by atoms with Gasteiger partial charge < -0.3 is 15.2 Å². The van der Waals surface area contributed by atoms with E-state index in [0.717, 1.165) is 11.0 Å². The van der Waals surface area contributed by atoms with Gasteiger partial charge in [-0.2, -0.15) is 0 Å². The normalized spacial score (nSPS) is 10.7. The predicted octanol–water partition coefficient (Wildman–Crippen LogP) is 2.65. The average Bonchev–Trinajstić information content (AvgIpc) is 2.97. The molecular weight excluding hydrogens is 316 g/mol. The van der Waals surface area contributed by atoms with Gasteiger partial charge in [-0.3, -0.25) is 9.59 Å². The number of hydrogen-bond acceptors (Lipinski definition) is 3. The minimum atomic E-state index is -0.159. The van der Waals surface area contributed by atoms with Crippen LogP contribution in [0.5, 0.6) is 0 Å². The number of fused-ring (bicyclic) bond motifs is 1. The number of anilines is 1. The number of benzene rings is 2. The Balaban J connectivity index is 1.72. The van der Waals surface area contributed by atoms with Crippen molar-refractivity contribution in [2.75, 3.05) is 12.4 Å². The Hall–Kier alpha value is -3.15. The molecule has 0 aliphatic carbocycles. The van der Waals surface area contributed by atoms with Gasteiger partial charge in [0.2, 0.25) is 5.91 Å². The number of carbonyl (C=O) groups is 2. The first-order valence-corrected chi connectivity index (χ1v) is 8.02. The molecule has 0 aliphatic rings. The minimum absolute atomic E-state index is 0.148. The fraction of sp³-hybridized carbons (Fsp3) is 0.211. The first-order chi connectivity index (χ1) is 12.0. The van der Waals surface area contributed by atoms with E-state index in [4.69, 9.17) is 0 Å². The number of aryl methyl sites for hydroxylation is 2. The molecule has 0 saturated carbocycles. The summed E-state index contributed by atoms with van der Waals surface area (Å²) in [6.07, 6.45) is 1.68. The van der Waals surface area contributed by atoms with Crippen LogP contribution in [0.3, 0.4) is 0 Å². The molecule has 3 aromatic rings. The molecule has 0 bridgehead atoms. The molecule has 0 fully saturated rings. The van der Waals surface area contributed by atoms with Gasteiger partial charge in [-0.15, -0.1) is 0 Å². The second kappa shape index (κ2) is 6.76. The van der Waals surface area contributed by atoms with Crippen LogP contribution in [-0.2, 0) is 11.3 Å². The summed E-state index contributed by atoms with van der Waals surface area (Å²) in [5.41, 5.74) is 5.36. The molecule has 1 heterocycles. The number of nitrogens with one attached hydrogen (secondary N) is 2. The molecule has 25 heavy (non-hydrogen) atoms. The lowest BCUT2D eigenvalue weighted by molar-refractivity contribution is -0.116. The molecule has 1 aromatic heterocycles. The lowest BCUT2D eigenvalue weighted by Gasteiger charge is -2.08. The summed E-state index contributed by atoms with van der Waals surface area (Å²) in [6.45, 7) is 4.26. The van der Waals surface area contributed by atoms with Crippen LogP contribution in [0.15, 0.2) is 42.7 Å². The molecule has 0 spiro atoms. The number of rotatable bonds is 4. The molecule has 128 valence electrons. The lowest BCUT2D eigenvalue weighted by atomic mass is 10.1. The van der Waals surface area contributed by atoms with Crippen molar-refractivity contribution < 1.29 is 9.59 Å². The molecule has 0 atom stereocenters. The van der Waals surface area contributed by atoms with E-state index in [2.05, 4.69) is 15.6 Å². The van der Waals surface area contributed by atoms with Gasteiger partial charge in [0.15, 0.2) is 0 Å². The number of amides is 2. The Labute approximate surface area is 145 Å². The third-order valence-corrected chi connectivity index (χ3v) is 4.21. The molecule has 3 rings (SSSR count). The Kier molecular flexibility index (Phi) is 4.52. The van der Waals surface area contributed by atoms with E-state index in [-0.39, 0.29) is 18.4 Å². The van der Waals surface area contributed by atoms with Crippen LogP contribution >= 0.6 is 0 Å². The summed E-state index contributed by atoms with van der Waals surface area (Å²) >= 11 is 0. The maximum absolute atomic E-state index is 12.3. The summed E-state index contributed by atoms with van der Waals surface area (Å²) in [7, 11) is 1.58. The summed E-state index contributed by atoms with van der Waals surface area (Å²) in [5, 5.41) is 5.40. The van der Waals surface area contributed by atoms with E-state index in [9.17, 15) is 9.59 Å². The summed E-state index contributed by atoms with van der Waals surface area (Å²) < 4.78 is 1.83. The Morgan fingerprint density at radius 1 is 1.08 bits per heavy atom. The Morgan fingerprint density at radius 3 is 2.44 bits per heavy atom. The highest BCUT2D eigenvalue weighted by Gasteiger charge is 2.10. The molecule has 2 amide bonds. The fourth-order valence-electron chi connectivity index (χ4n) is 2.64. The zero-order valence-corrected chi connectivity index (χ0v) is 14.5. The van der Waals surface area contributed by atoms with Crippen molar-refractivity contribution in [1.29, 1.82) is 0 Å².